The number of aromatic nitrogens is 2. The molecular formula is C16H14F2N2O4. The summed E-state index contributed by atoms with van der Waals surface area (Å²) >= 11 is 0. The molecule has 0 N–H and O–H groups in total. The Bertz CT molecular complexity index is 818. The molecule has 1 heterocycles. The van der Waals surface area contributed by atoms with Gasteiger partial charge in [-0.05, 0) is 18.1 Å². The van der Waals surface area contributed by atoms with Crippen LogP contribution in [0.25, 0.3) is 0 Å². The SMILES string of the molecule is Cc1c(Cn2cncc(C(=O)COC=O)c2=O)cccc1C(F)F. The monoisotopic (exact) mass is 336 g/mol. The van der Waals surface area contributed by atoms with Gasteiger partial charge in [0.1, 0.15) is 5.56 Å². The van der Waals surface area contributed by atoms with Gasteiger partial charge < -0.3 is 4.74 Å². The number of ketones is 1. The first-order chi connectivity index (χ1) is 11.5. The lowest BCUT2D eigenvalue weighted by atomic mass is 10.0. The molecule has 0 aliphatic heterocycles. The predicted molar refractivity (Wildman–Crippen MR) is 80.1 cm³/mol. The maximum Gasteiger partial charge on any atom is 0.293 e. The van der Waals surface area contributed by atoms with Gasteiger partial charge in [0.25, 0.3) is 18.5 Å². The predicted octanol–water partition coefficient (Wildman–Crippen LogP) is 1.89. The fourth-order valence-electron chi connectivity index (χ4n) is 2.24. The third-order valence-electron chi connectivity index (χ3n) is 3.55. The van der Waals surface area contributed by atoms with E-state index in [-0.39, 0.29) is 24.1 Å². The van der Waals surface area contributed by atoms with Crippen LogP contribution in [0.15, 0.2) is 35.5 Å². The van der Waals surface area contributed by atoms with E-state index in [1.807, 2.05) is 0 Å². The van der Waals surface area contributed by atoms with Crippen molar-refractivity contribution in [1.82, 2.24) is 9.55 Å². The highest BCUT2D eigenvalue weighted by Crippen LogP contribution is 2.24. The van der Waals surface area contributed by atoms with Crippen molar-refractivity contribution in [2.24, 2.45) is 0 Å². The van der Waals surface area contributed by atoms with Gasteiger partial charge in [-0.1, -0.05) is 18.2 Å². The first-order valence-corrected chi connectivity index (χ1v) is 6.95. The molecule has 126 valence electrons. The van der Waals surface area contributed by atoms with Gasteiger partial charge in [0, 0.05) is 11.8 Å². The second-order valence-electron chi connectivity index (χ2n) is 5.00. The Morgan fingerprint density at radius 1 is 1.42 bits per heavy atom. The summed E-state index contributed by atoms with van der Waals surface area (Å²) in [6.45, 7) is 1.08. The molecule has 0 radical (unpaired) electrons. The molecule has 1 aromatic heterocycles. The number of Topliss-reactive ketones (excluding diaryl/α,β-unsaturated/α-hetero) is 1. The first-order valence-electron chi connectivity index (χ1n) is 6.95. The van der Waals surface area contributed by atoms with Crippen molar-refractivity contribution < 1.29 is 23.1 Å². The van der Waals surface area contributed by atoms with Crippen molar-refractivity contribution in [1.29, 1.82) is 0 Å². The Kier molecular flexibility index (Phi) is 5.51. The molecule has 0 unspecified atom stereocenters. The maximum atomic E-state index is 12.9. The molecule has 24 heavy (non-hydrogen) atoms. The van der Waals surface area contributed by atoms with E-state index in [4.69, 9.17) is 0 Å². The van der Waals surface area contributed by atoms with Crippen LogP contribution in [-0.4, -0.2) is 28.4 Å². The average molecular weight is 336 g/mol. The van der Waals surface area contributed by atoms with Crippen LogP contribution in [0.5, 0.6) is 0 Å². The van der Waals surface area contributed by atoms with Gasteiger partial charge in [0.2, 0.25) is 5.78 Å². The molecule has 0 saturated heterocycles. The minimum Gasteiger partial charge on any atom is -0.459 e. The van der Waals surface area contributed by atoms with Gasteiger partial charge >= 0.3 is 0 Å². The first kappa shape index (κ1) is 17.5. The molecule has 0 fully saturated rings. The Labute approximate surface area is 135 Å². The molecule has 6 nitrogen and oxygen atoms in total. The second-order valence-corrected chi connectivity index (χ2v) is 5.00. The van der Waals surface area contributed by atoms with Crippen molar-refractivity contribution in [2.75, 3.05) is 6.61 Å². The van der Waals surface area contributed by atoms with Crippen LogP contribution in [0.3, 0.4) is 0 Å². The smallest absolute Gasteiger partial charge is 0.293 e. The number of ether oxygens (including phenoxy) is 1. The van der Waals surface area contributed by atoms with E-state index in [1.165, 1.54) is 18.5 Å². The van der Waals surface area contributed by atoms with Crippen molar-refractivity contribution in [3.63, 3.8) is 0 Å². The number of hydrogen-bond donors (Lipinski definition) is 0. The largest absolute Gasteiger partial charge is 0.459 e. The number of alkyl halides is 2. The van der Waals surface area contributed by atoms with E-state index in [0.717, 1.165) is 10.8 Å². The summed E-state index contributed by atoms with van der Waals surface area (Å²) < 4.78 is 31.4. The molecule has 0 atom stereocenters. The van der Waals surface area contributed by atoms with Crippen LogP contribution in [-0.2, 0) is 16.1 Å². The van der Waals surface area contributed by atoms with E-state index in [9.17, 15) is 23.2 Å². The fourth-order valence-corrected chi connectivity index (χ4v) is 2.24. The third-order valence-corrected chi connectivity index (χ3v) is 3.55. The summed E-state index contributed by atoms with van der Waals surface area (Å²) in [5.41, 5.74) is -0.0839. The Morgan fingerprint density at radius 3 is 2.83 bits per heavy atom. The minimum atomic E-state index is -2.62. The van der Waals surface area contributed by atoms with Crippen molar-refractivity contribution in [3.05, 3.63) is 63.3 Å². The molecule has 0 bridgehead atoms. The summed E-state index contributed by atoms with van der Waals surface area (Å²) in [4.78, 5) is 38.1. The third kappa shape index (κ3) is 3.70. The van der Waals surface area contributed by atoms with Crippen LogP contribution in [0.4, 0.5) is 8.78 Å². The lowest BCUT2D eigenvalue weighted by molar-refractivity contribution is -0.127. The van der Waals surface area contributed by atoms with Gasteiger partial charge in [0.05, 0.1) is 12.9 Å². The number of halogens is 2. The summed E-state index contributed by atoms with van der Waals surface area (Å²) in [5.74, 6) is -0.688. The fraction of sp³-hybridized carbons (Fsp3) is 0.250. The number of carbonyl (C=O) groups excluding carboxylic acids is 2. The zero-order valence-electron chi connectivity index (χ0n) is 12.7. The van der Waals surface area contributed by atoms with Crippen molar-refractivity contribution in [3.8, 4) is 0 Å². The van der Waals surface area contributed by atoms with E-state index in [2.05, 4.69) is 9.72 Å². The van der Waals surface area contributed by atoms with E-state index in [0.29, 0.717) is 11.1 Å². The number of rotatable bonds is 7. The Balaban J connectivity index is 2.35. The normalized spacial score (nSPS) is 10.7. The average Bonchev–Trinajstić information content (AvgIpc) is 2.56. The molecule has 0 aliphatic carbocycles. The van der Waals surface area contributed by atoms with E-state index >= 15 is 0 Å². The lowest BCUT2D eigenvalue weighted by Crippen LogP contribution is -2.28. The molecule has 1 aromatic carbocycles. The Morgan fingerprint density at radius 2 is 2.17 bits per heavy atom. The summed E-state index contributed by atoms with van der Waals surface area (Å²) in [5, 5.41) is 0. The van der Waals surface area contributed by atoms with E-state index in [1.54, 1.807) is 13.0 Å². The minimum absolute atomic E-state index is 0.00607. The molecular weight excluding hydrogens is 322 g/mol. The van der Waals surface area contributed by atoms with Gasteiger partial charge in [0.15, 0.2) is 6.61 Å². The van der Waals surface area contributed by atoms with Gasteiger partial charge in [-0.15, -0.1) is 0 Å². The van der Waals surface area contributed by atoms with Gasteiger partial charge in [-0.25, -0.2) is 13.8 Å². The Hall–Kier alpha value is -2.90. The zero-order valence-corrected chi connectivity index (χ0v) is 12.7. The number of nitrogens with zero attached hydrogens (tertiary/aromatic N) is 2. The maximum absolute atomic E-state index is 12.9. The van der Waals surface area contributed by atoms with Crippen molar-refractivity contribution in [2.45, 2.75) is 19.9 Å². The van der Waals surface area contributed by atoms with Gasteiger partial charge in [-0.3, -0.25) is 19.0 Å². The molecule has 0 saturated carbocycles. The summed E-state index contributed by atoms with van der Waals surface area (Å²) in [6.07, 6.45) is -0.320. The molecule has 0 aliphatic rings. The van der Waals surface area contributed by atoms with Crippen LogP contribution in [0, 0.1) is 6.92 Å². The zero-order chi connectivity index (χ0) is 17.7. The number of carbonyl (C=O) groups is 2. The topological polar surface area (TPSA) is 78.3 Å². The molecule has 0 spiro atoms. The standard InChI is InChI=1S/C16H14F2N2O4/c1-10-11(3-2-4-12(10)15(17)18)6-20-8-19-5-13(16(20)23)14(22)7-24-9-21/h2-5,8-9,15H,6-7H2,1H3. The molecule has 2 rings (SSSR count). The summed E-state index contributed by atoms with van der Waals surface area (Å²) in [6, 6.07) is 4.42. The lowest BCUT2D eigenvalue weighted by Gasteiger charge is -2.12. The highest BCUT2D eigenvalue weighted by atomic mass is 19.3. The van der Waals surface area contributed by atoms with Crippen LogP contribution in [0.2, 0.25) is 0 Å². The number of hydrogen-bond acceptors (Lipinski definition) is 5. The van der Waals surface area contributed by atoms with Crippen LogP contribution in [0.1, 0.15) is 33.5 Å². The van der Waals surface area contributed by atoms with E-state index < -0.39 is 24.4 Å². The molecule has 0 amide bonds. The molecule has 2 aromatic rings. The quantitative estimate of drug-likeness (QED) is 0.570. The van der Waals surface area contributed by atoms with Gasteiger partial charge in [-0.2, -0.15) is 0 Å². The van der Waals surface area contributed by atoms with Crippen molar-refractivity contribution >= 4 is 12.3 Å². The highest BCUT2D eigenvalue weighted by molar-refractivity contribution is 5.96. The second kappa shape index (κ2) is 7.58. The summed E-state index contributed by atoms with van der Waals surface area (Å²) in [7, 11) is 0. The number of benzene rings is 1. The molecule has 8 heteroatoms. The van der Waals surface area contributed by atoms with Crippen LogP contribution >= 0.6 is 0 Å². The highest BCUT2D eigenvalue weighted by Gasteiger charge is 2.16. The van der Waals surface area contributed by atoms with Crippen LogP contribution < -0.4 is 5.56 Å².